The normalized spacial score (nSPS) is 13.3. The van der Waals surface area contributed by atoms with Crippen LogP contribution in [0.1, 0.15) is 5.56 Å². The van der Waals surface area contributed by atoms with Gasteiger partial charge in [-0.15, -0.1) is 0 Å². The van der Waals surface area contributed by atoms with Gasteiger partial charge in [-0.1, -0.05) is 6.07 Å². The average molecular weight is 265 g/mol. The van der Waals surface area contributed by atoms with Gasteiger partial charge in [-0.3, -0.25) is 4.98 Å². The van der Waals surface area contributed by atoms with Crippen molar-refractivity contribution in [1.29, 1.82) is 0 Å². The summed E-state index contributed by atoms with van der Waals surface area (Å²) in [7, 11) is 1.94. The first kappa shape index (κ1) is 13.8. The highest BCUT2D eigenvalue weighted by Crippen LogP contribution is 2.13. The Bertz CT molecular complexity index is 590. The van der Waals surface area contributed by atoms with Crippen LogP contribution >= 0.6 is 0 Å². The molecule has 1 heterocycles. The molecule has 104 valence electrons. The van der Waals surface area contributed by atoms with Crippen LogP contribution in [0.15, 0.2) is 27.4 Å². The molecule has 0 bridgehead atoms. The Labute approximate surface area is 110 Å². The lowest BCUT2D eigenvalue weighted by atomic mass is 10.1. The van der Waals surface area contributed by atoms with Crippen LogP contribution < -0.4 is 11.5 Å². The third-order valence-corrected chi connectivity index (χ3v) is 3.06. The zero-order valence-corrected chi connectivity index (χ0v) is 10.9. The van der Waals surface area contributed by atoms with E-state index >= 15 is 0 Å². The number of nitrogens with two attached hydrogens (primary N) is 1. The summed E-state index contributed by atoms with van der Waals surface area (Å²) in [5.41, 5.74) is 7.74. The highest BCUT2D eigenvalue weighted by Gasteiger charge is 2.07. The lowest BCUT2D eigenvalue weighted by Gasteiger charge is -2.19. The van der Waals surface area contributed by atoms with Gasteiger partial charge in [0.15, 0.2) is 5.58 Å². The molecule has 0 aliphatic rings. The molecule has 4 N–H and O–H groups in total. The topological polar surface area (TPSA) is 95.5 Å². The smallest absolute Gasteiger partial charge is 0.408 e. The molecule has 1 atom stereocenters. The number of oxazole rings is 1. The van der Waals surface area contributed by atoms with Crippen LogP contribution in [0, 0.1) is 0 Å². The van der Waals surface area contributed by atoms with Crippen molar-refractivity contribution in [1.82, 2.24) is 9.88 Å². The maximum Gasteiger partial charge on any atom is 0.417 e. The molecule has 0 saturated heterocycles. The van der Waals surface area contributed by atoms with Crippen LogP contribution in [0.4, 0.5) is 0 Å². The minimum Gasteiger partial charge on any atom is -0.408 e. The second kappa shape index (κ2) is 6.01. The maximum absolute atomic E-state index is 11.1. The number of aromatic nitrogens is 1. The molecule has 0 saturated carbocycles. The van der Waals surface area contributed by atoms with E-state index in [1.807, 2.05) is 30.1 Å². The monoisotopic (exact) mass is 265 g/mol. The molecular formula is C13H19N3O3. The summed E-state index contributed by atoms with van der Waals surface area (Å²) in [6, 6.07) is 5.66. The van der Waals surface area contributed by atoms with Gasteiger partial charge < -0.3 is 20.2 Å². The molecule has 0 fully saturated rings. The van der Waals surface area contributed by atoms with Crippen LogP contribution in [-0.4, -0.2) is 47.8 Å². The van der Waals surface area contributed by atoms with E-state index in [0.29, 0.717) is 17.6 Å². The summed E-state index contributed by atoms with van der Waals surface area (Å²) in [6.45, 7) is 1.63. The predicted molar refractivity (Wildman–Crippen MR) is 73.1 cm³/mol. The number of aliphatic hydroxyl groups is 1. The van der Waals surface area contributed by atoms with Crippen molar-refractivity contribution in [3.63, 3.8) is 0 Å². The van der Waals surface area contributed by atoms with E-state index in [9.17, 15) is 9.90 Å². The van der Waals surface area contributed by atoms with Crippen molar-refractivity contribution >= 4 is 11.1 Å². The first-order valence-electron chi connectivity index (χ1n) is 6.27. The highest BCUT2D eigenvalue weighted by molar-refractivity contribution is 5.72. The lowest BCUT2D eigenvalue weighted by Crippen LogP contribution is -2.35. The molecule has 1 aromatic heterocycles. The summed E-state index contributed by atoms with van der Waals surface area (Å²) >= 11 is 0. The Hall–Kier alpha value is -1.63. The molecule has 0 amide bonds. The fourth-order valence-corrected chi connectivity index (χ4v) is 1.99. The van der Waals surface area contributed by atoms with Crippen LogP contribution in [0.2, 0.25) is 0 Å². The fourth-order valence-electron chi connectivity index (χ4n) is 1.99. The second-order valence-corrected chi connectivity index (χ2v) is 4.75. The number of hydrogen-bond acceptors (Lipinski definition) is 5. The summed E-state index contributed by atoms with van der Waals surface area (Å²) < 4.78 is 5.02. The third kappa shape index (κ3) is 3.66. The van der Waals surface area contributed by atoms with Crippen LogP contribution in [-0.2, 0) is 6.42 Å². The van der Waals surface area contributed by atoms with Crippen molar-refractivity contribution in [3.8, 4) is 0 Å². The number of fused-ring (bicyclic) bond motifs is 1. The Kier molecular flexibility index (Phi) is 4.36. The van der Waals surface area contributed by atoms with Gasteiger partial charge >= 0.3 is 5.76 Å². The molecule has 1 unspecified atom stereocenters. The molecule has 1 aromatic carbocycles. The summed E-state index contributed by atoms with van der Waals surface area (Å²) in [5, 5.41) is 9.45. The number of rotatable bonds is 6. The van der Waals surface area contributed by atoms with Gasteiger partial charge in [0.2, 0.25) is 0 Å². The number of H-pyrrole nitrogens is 1. The molecule has 0 aliphatic carbocycles. The van der Waals surface area contributed by atoms with Gasteiger partial charge in [0.05, 0.1) is 11.6 Å². The first-order chi connectivity index (χ1) is 9.08. The lowest BCUT2D eigenvalue weighted by molar-refractivity contribution is 0.133. The predicted octanol–water partition coefficient (Wildman–Crippen LogP) is -0.0850. The molecule has 19 heavy (non-hydrogen) atoms. The first-order valence-corrected chi connectivity index (χ1v) is 6.27. The van der Waals surface area contributed by atoms with Gasteiger partial charge in [-0.25, -0.2) is 4.79 Å². The molecule has 6 nitrogen and oxygen atoms in total. The molecule has 0 radical (unpaired) electrons. The van der Waals surface area contributed by atoms with Crippen molar-refractivity contribution < 1.29 is 9.52 Å². The van der Waals surface area contributed by atoms with Crippen molar-refractivity contribution in [2.45, 2.75) is 12.5 Å². The van der Waals surface area contributed by atoms with E-state index in [-0.39, 0.29) is 6.54 Å². The van der Waals surface area contributed by atoms with Crippen LogP contribution in [0.25, 0.3) is 11.1 Å². The minimum atomic E-state index is -0.491. The van der Waals surface area contributed by atoms with Gasteiger partial charge in [-0.2, -0.15) is 0 Å². The largest absolute Gasteiger partial charge is 0.417 e. The Morgan fingerprint density at radius 3 is 3.05 bits per heavy atom. The van der Waals surface area contributed by atoms with Crippen molar-refractivity contribution in [3.05, 3.63) is 34.3 Å². The van der Waals surface area contributed by atoms with Gasteiger partial charge in [0.25, 0.3) is 0 Å². The van der Waals surface area contributed by atoms with Crippen LogP contribution in [0.5, 0.6) is 0 Å². The number of aromatic amines is 1. The van der Waals surface area contributed by atoms with E-state index in [1.54, 1.807) is 0 Å². The Morgan fingerprint density at radius 2 is 2.32 bits per heavy atom. The second-order valence-electron chi connectivity index (χ2n) is 4.75. The Morgan fingerprint density at radius 1 is 1.53 bits per heavy atom. The van der Waals surface area contributed by atoms with E-state index in [0.717, 1.165) is 18.5 Å². The van der Waals surface area contributed by atoms with E-state index in [4.69, 9.17) is 10.2 Å². The molecule has 2 aromatic rings. The summed E-state index contributed by atoms with van der Waals surface area (Å²) in [4.78, 5) is 15.7. The quantitative estimate of drug-likeness (QED) is 0.678. The van der Waals surface area contributed by atoms with E-state index in [1.165, 1.54) is 0 Å². The van der Waals surface area contributed by atoms with Crippen molar-refractivity contribution in [2.24, 2.45) is 5.73 Å². The third-order valence-electron chi connectivity index (χ3n) is 3.06. The average Bonchev–Trinajstić information content (AvgIpc) is 2.75. The van der Waals surface area contributed by atoms with Gasteiger partial charge in [0, 0.05) is 19.6 Å². The molecule has 0 aliphatic heterocycles. The zero-order valence-electron chi connectivity index (χ0n) is 10.9. The van der Waals surface area contributed by atoms with E-state index < -0.39 is 11.9 Å². The molecule has 2 rings (SSSR count). The Balaban J connectivity index is 1.95. The molecule has 6 heteroatoms. The number of nitrogens with zero attached hydrogens (tertiary/aromatic N) is 1. The SMILES string of the molecule is CN(CCc1ccc2[nH]c(=O)oc2c1)CC(O)CN. The maximum atomic E-state index is 11.1. The highest BCUT2D eigenvalue weighted by atomic mass is 16.4. The number of nitrogens with one attached hydrogen (secondary N) is 1. The van der Waals surface area contributed by atoms with Gasteiger partial charge in [-0.05, 0) is 31.2 Å². The number of hydrogen-bond donors (Lipinski definition) is 3. The molecule has 0 spiro atoms. The fraction of sp³-hybridized carbons (Fsp3) is 0.462. The number of likely N-dealkylation sites (N-methyl/N-ethyl adjacent to an activating group) is 1. The van der Waals surface area contributed by atoms with E-state index in [2.05, 4.69) is 4.98 Å². The number of aliphatic hydroxyl groups excluding tert-OH is 1. The molecular weight excluding hydrogens is 246 g/mol. The number of benzene rings is 1. The summed E-state index contributed by atoms with van der Waals surface area (Å²) in [5.74, 6) is -0.435. The van der Waals surface area contributed by atoms with Crippen LogP contribution in [0.3, 0.4) is 0 Å². The zero-order chi connectivity index (χ0) is 13.8. The standard InChI is InChI=1S/C13H19N3O3/c1-16(8-10(17)7-14)5-4-9-2-3-11-12(6-9)19-13(18)15-11/h2-3,6,10,17H,4-5,7-8,14H2,1H3,(H,15,18). The minimum absolute atomic E-state index is 0.269. The van der Waals surface area contributed by atoms with Crippen molar-refractivity contribution in [2.75, 3.05) is 26.7 Å². The summed E-state index contributed by atoms with van der Waals surface area (Å²) in [6.07, 6.45) is 0.327. The van der Waals surface area contributed by atoms with Gasteiger partial charge in [0.1, 0.15) is 0 Å².